The Bertz CT molecular complexity index is 5760. The molecule has 0 N–H and O–H groups in total. The maximum absolute atomic E-state index is 6.38. The van der Waals surface area contributed by atoms with E-state index in [0.717, 1.165) is 5.46 Å². The zero-order valence-corrected chi connectivity index (χ0v) is 74.9. The van der Waals surface area contributed by atoms with E-state index in [1.165, 1.54) is 150 Å². The van der Waals surface area contributed by atoms with Gasteiger partial charge in [-0.2, -0.15) is 0 Å². The van der Waals surface area contributed by atoms with Crippen LogP contribution in [0.1, 0.15) is 190 Å². The highest BCUT2D eigenvalue weighted by atomic mass is 80.9. The van der Waals surface area contributed by atoms with Crippen LogP contribution >= 0.6 is 55.8 Å². The lowest BCUT2D eigenvalue weighted by molar-refractivity contribution is 0.00578. The van der Waals surface area contributed by atoms with Gasteiger partial charge in [-0.3, -0.25) is 0 Å². The second kappa shape index (κ2) is 30.8. The van der Waals surface area contributed by atoms with Crippen LogP contribution in [0.3, 0.4) is 0 Å². The summed E-state index contributed by atoms with van der Waals surface area (Å²) in [5.74, 6) is 0. The molecule has 0 bridgehead atoms. The van der Waals surface area contributed by atoms with Gasteiger partial charge in [0.15, 0.2) is 0 Å². The normalized spacial score (nSPS) is 17.0. The maximum atomic E-state index is 6.38. The lowest BCUT2D eigenvalue weighted by Crippen LogP contribution is -2.41. The molecule has 3 fully saturated rings. The minimum Gasteiger partial charge on any atom is -0.405 e. The quantitative estimate of drug-likeness (QED) is 0.0977. The number of rotatable bonds is 2. The van der Waals surface area contributed by atoms with Crippen LogP contribution in [0.2, 0.25) is 0 Å². The van der Waals surface area contributed by atoms with Crippen LogP contribution in [0.15, 0.2) is 217 Å². The first kappa shape index (κ1) is 84.8. The third-order valence-electron chi connectivity index (χ3n) is 23.9. The van der Waals surface area contributed by atoms with Gasteiger partial charge in [-0.15, -0.1) is 11.6 Å². The van der Waals surface area contributed by atoms with Crippen molar-refractivity contribution >= 4 is 212 Å². The molecule has 3 heterocycles. The molecule has 6 nitrogen and oxygen atoms in total. The van der Waals surface area contributed by atoms with E-state index in [1.807, 2.05) is 76.2 Å². The molecular weight excluding hydrogens is 1590 g/mol. The van der Waals surface area contributed by atoms with Crippen molar-refractivity contribution in [1.82, 2.24) is 0 Å². The third-order valence-corrected chi connectivity index (χ3v) is 24.6. The van der Waals surface area contributed by atoms with Gasteiger partial charge in [0.05, 0.1) is 33.6 Å². The first-order valence-electron chi connectivity index (χ1n) is 39.1. The Hall–Kier alpha value is -6.64. The molecule has 0 atom stereocenters. The summed E-state index contributed by atoms with van der Waals surface area (Å²) in [6.45, 7) is 51.0. The van der Waals surface area contributed by atoms with Gasteiger partial charge < -0.3 is 27.9 Å². The molecule has 0 amide bonds. The van der Waals surface area contributed by atoms with Crippen molar-refractivity contribution in [2.75, 3.05) is 0 Å². The van der Waals surface area contributed by atoms with Crippen LogP contribution in [0.5, 0.6) is 0 Å². The first-order valence-corrected chi connectivity index (χ1v) is 44.0. The minimum absolute atomic E-state index is 0. The fraction of sp³-hybridized carbons (Fsp3) is 0.354. The van der Waals surface area contributed by atoms with Gasteiger partial charge in [0.25, 0.3) is 0 Å². The van der Waals surface area contributed by atoms with Gasteiger partial charge in [-0.25, -0.2) is 0 Å². The summed E-state index contributed by atoms with van der Waals surface area (Å²) < 4.78 is 37.8. The zero-order valence-electron chi connectivity index (χ0n) is 69.4. The summed E-state index contributed by atoms with van der Waals surface area (Å²) in [6.07, 6.45) is 0. The molecule has 16 aromatic rings. The molecule has 0 unspecified atom stereocenters. The number of alkyl halides is 1. The van der Waals surface area contributed by atoms with E-state index in [0.29, 0.717) is 0 Å². The molecule has 580 valence electrons. The number of halogens is 4. The van der Waals surface area contributed by atoms with E-state index in [-0.39, 0.29) is 69.3 Å². The van der Waals surface area contributed by atoms with E-state index < -0.39 is 14.0 Å². The Labute approximate surface area is 695 Å². The molecule has 3 aliphatic heterocycles. The number of hydrogen-bond donors (Lipinski definition) is 0. The van der Waals surface area contributed by atoms with Crippen molar-refractivity contribution in [2.24, 2.45) is 0 Å². The molecular formula is C99H111B3Br3ClO6. The molecule has 0 aliphatic carbocycles. The molecule has 0 spiro atoms. The van der Waals surface area contributed by atoms with Gasteiger partial charge in [-0.1, -0.05) is 292 Å². The van der Waals surface area contributed by atoms with Gasteiger partial charge in [0.1, 0.15) is 0 Å². The van der Waals surface area contributed by atoms with Crippen LogP contribution < -0.4 is 5.46 Å². The summed E-state index contributed by atoms with van der Waals surface area (Å²) in [4.78, 5) is -0.0278. The summed E-state index contributed by atoms with van der Waals surface area (Å²) in [5.41, 5.74) is 3.64. The van der Waals surface area contributed by atoms with Gasteiger partial charge >= 0.3 is 21.1 Å². The highest BCUT2D eigenvalue weighted by molar-refractivity contribution is 9.93. The monoisotopic (exact) mass is 1700 g/mol. The Morgan fingerprint density at radius 1 is 0.268 bits per heavy atom. The van der Waals surface area contributed by atoms with Gasteiger partial charge in [-0.05, 0) is 278 Å². The van der Waals surface area contributed by atoms with Gasteiger partial charge in [0, 0.05) is 37.6 Å². The van der Waals surface area contributed by atoms with Crippen molar-refractivity contribution < 1.29 is 27.9 Å². The molecule has 0 aromatic heterocycles. The molecule has 3 saturated heterocycles. The molecule has 112 heavy (non-hydrogen) atoms. The van der Waals surface area contributed by atoms with Crippen molar-refractivity contribution in [3.63, 3.8) is 0 Å². The largest absolute Gasteiger partial charge is 0.495 e. The topological polar surface area (TPSA) is 55.4 Å². The Morgan fingerprint density at radius 2 is 0.464 bits per heavy atom. The SMILES string of the molecule is BrBr.C.CC(C)(C)Cl.CC(C)(C)c1cc2ccc3ccc(B4OC(C)(C)C(C)(C)O4)c4ccc(c1)c2c34.CC(C)(C)c1cc2ccc3ccc(Br)c4ccc(c1)c2c34.CC(C)(C)c1cc2ccc3cccc4ccc(c1)c2c34.CC1(C)OB(B2OC(C)(C)C(C)(C)O2)OC1(C)C.c1cc2ccc3cccc4ccc(c1)c2c34. The second-order valence-electron chi connectivity index (χ2n) is 37.8. The standard InChI is InChI=1S/C26H29BO2.C20H17Br.C20H18.C16H10.C12H24B2O4.C4H9Cl.CH4.Br2/c1-24(2,3)19-14-17-9-8-16-11-13-21(27-28-25(4,5)26(6,7)29-27)20-12-10-18(15-19)22(17)23(16)20;1-20(2,3)15-10-13-5-4-12-7-9-17(21)16-8-6-14(11-15)18(13)19(12)16;1-20(2,3)17-11-15-9-7-13-5-4-6-14-8-10-16(12-17)19(15)18(13)14;1-3-11-7-9-13-5-2-6-14-10-8-12(4-1)15(11)16(13)14;1-9(2)10(3,4)16-13(15-9)14-17-11(5,6)12(7,8)18-14;1-4(2,3)5;;1-2/h8-15H,1-7H3;4-11H,1-3H3;4-12H,1-3H3;1-10H;1-8H3;1-3H3;1H4;. The summed E-state index contributed by atoms with van der Waals surface area (Å²) >= 11 is 14.7. The fourth-order valence-electron chi connectivity index (χ4n) is 15.5. The van der Waals surface area contributed by atoms with Crippen molar-refractivity contribution in [3.05, 3.63) is 233 Å². The lowest BCUT2D eigenvalue weighted by Gasteiger charge is -2.32. The minimum atomic E-state index is -0.476. The van der Waals surface area contributed by atoms with E-state index >= 15 is 0 Å². The van der Waals surface area contributed by atoms with Crippen LogP contribution in [-0.2, 0) is 44.2 Å². The van der Waals surface area contributed by atoms with Crippen molar-refractivity contribution in [1.29, 1.82) is 0 Å². The van der Waals surface area contributed by atoms with E-state index in [1.54, 1.807) is 0 Å². The van der Waals surface area contributed by atoms with Crippen LogP contribution in [0.4, 0.5) is 0 Å². The third kappa shape index (κ3) is 16.5. The highest BCUT2D eigenvalue weighted by Gasteiger charge is 2.64. The summed E-state index contributed by atoms with van der Waals surface area (Å²) in [5, 5.41) is 32.2. The maximum Gasteiger partial charge on any atom is 0.495 e. The van der Waals surface area contributed by atoms with Crippen LogP contribution in [-0.4, -0.2) is 59.6 Å². The van der Waals surface area contributed by atoms with Crippen molar-refractivity contribution in [3.8, 4) is 0 Å². The average molecular weight is 1700 g/mol. The molecule has 19 rings (SSSR count). The van der Waals surface area contributed by atoms with E-state index in [9.17, 15) is 0 Å². The zero-order chi connectivity index (χ0) is 80.5. The molecule has 16 aromatic carbocycles. The molecule has 0 saturated carbocycles. The lowest BCUT2D eigenvalue weighted by atomic mass is 9.49. The highest BCUT2D eigenvalue weighted by Crippen LogP contribution is 2.47. The molecule has 0 radical (unpaired) electrons. The smallest absolute Gasteiger partial charge is 0.405 e. The summed E-state index contributed by atoms with van der Waals surface area (Å²) in [6, 6.07) is 78.3. The molecule has 13 heteroatoms. The van der Waals surface area contributed by atoms with Crippen LogP contribution in [0, 0.1) is 0 Å². The van der Waals surface area contributed by atoms with E-state index in [4.69, 9.17) is 39.5 Å². The Morgan fingerprint density at radius 3 is 0.741 bits per heavy atom. The summed E-state index contributed by atoms with van der Waals surface area (Å²) in [7, 11) is -1.30. The molecule has 3 aliphatic rings. The Balaban J connectivity index is 0.000000128. The Kier molecular flexibility index (Phi) is 23.3. The first-order chi connectivity index (χ1) is 51.8. The second-order valence-corrected chi connectivity index (χ2v) is 39.8. The average Bonchev–Trinajstić information content (AvgIpc) is 1.09. The number of benzene rings is 16. The predicted octanol–water partition coefficient (Wildman–Crippen LogP) is 29.9. The van der Waals surface area contributed by atoms with E-state index in [2.05, 4.69) is 347 Å². The van der Waals surface area contributed by atoms with Gasteiger partial charge in [0.2, 0.25) is 0 Å². The van der Waals surface area contributed by atoms with Crippen LogP contribution in [0.25, 0.3) is 129 Å². The fourth-order valence-corrected chi connectivity index (χ4v) is 16.0. The van der Waals surface area contributed by atoms with Crippen molar-refractivity contribution in [2.45, 2.75) is 228 Å². The number of hydrogen-bond acceptors (Lipinski definition) is 6. The predicted molar refractivity (Wildman–Crippen MR) is 502 cm³/mol.